The third-order valence-electron chi connectivity index (χ3n) is 3.16. The molecule has 0 radical (unpaired) electrons. The van der Waals surface area contributed by atoms with E-state index in [1.54, 1.807) is 22.8 Å². The van der Waals surface area contributed by atoms with E-state index < -0.39 is 5.97 Å². The molecule has 0 bridgehead atoms. The van der Waals surface area contributed by atoms with Crippen LogP contribution in [0.25, 0.3) is 10.9 Å². The largest absolute Gasteiger partial charge is 0.465 e. The zero-order chi connectivity index (χ0) is 16.3. The second kappa shape index (κ2) is 6.96. The minimum Gasteiger partial charge on any atom is -0.465 e. The SMILES string of the molecule is CCSc1nc2cc(C(=O)OC)ccc2c(=O)n1CC(C)C. The lowest BCUT2D eigenvalue weighted by Gasteiger charge is -2.14. The smallest absolute Gasteiger partial charge is 0.337 e. The number of esters is 1. The van der Waals surface area contributed by atoms with Crippen LogP contribution in [0.15, 0.2) is 28.2 Å². The highest BCUT2D eigenvalue weighted by Gasteiger charge is 2.14. The zero-order valence-corrected chi connectivity index (χ0v) is 14.1. The number of carbonyl (C=O) groups is 1. The van der Waals surface area contributed by atoms with Crippen LogP contribution in [-0.2, 0) is 11.3 Å². The predicted molar refractivity (Wildman–Crippen MR) is 88.6 cm³/mol. The Hall–Kier alpha value is -1.82. The molecule has 2 aromatic rings. The van der Waals surface area contributed by atoms with Gasteiger partial charge in [0.1, 0.15) is 0 Å². The van der Waals surface area contributed by atoms with E-state index in [-0.39, 0.29) is 5.56 Å². The van der Waals surface area contributed by atoms with Gasteiger partial charge in [0, 0.05) is 6.54 Å². The van der Waals surface area contributed by atoms with Crippen molar-refractivity contribution in [3.05, 3.63) is 34.1 Å². The van der Waals surface area contributed by atoms with Crippen LogP contribution in [-0.4, -0.2) is 28.4 Å². The van der Waals surface area contributed by atoms with Gasteiger partial charge in [-0.25, -0.2) is 9.78 Å². The minimum atomic E-state index is -0.431. The van der Waals surface area contributed by atoms with Crippen molar-refractivity contribution in [3.8, 4) is 0 Å². The first-order valence-corrected chi connectivity index (χ1v) is 8.22. The maximum atomic E-state index is 12.7. The number of hydrogen-bond donors (Lipinski definition) is 0. The van der Waals surface area contributed by atoms with Crippen molar-refractivity contribution >= 4 is 28.6 Å². The fourth-order valence-corrected chi connectivity index (χ4v) is 2.95. The summed E-state index contributed by atoms with van der Waals surface area (Å²) in [4.78, 5) is 28.9. The first-order valence-electron chi connectivity index (χ1n) is 7.23. The van der Waals surface area contributed by atoms with Gasteiger partial charge in [-0.05, 0) is 29.9 Å². The Labute approximate surface area is 133 Å². The van der Waals surface area contributed by atoms with E-state index >= 15 is 0 Å². The van der Waals surface area contributed by atoms with Gasteiger partial charge in [-0.1, -0.05) is 32.5 Å². The molecule has 0 spiro atoms. The maximum absolute atomic E-state index is 12.7. The van der Waals surface area contributed by atoms with Gasteiger partial charge in [-0.15, -0.1) is 0 Å². The number of fused-ring (bicyclic) bond motifs is 1. The highest BCUT2D eigenvalue weighted by Crippen LogP contribution is 2.19. The van der Waals surface area contributed by atoms with Gasteiger partial charge < -0.3 is 4.74 Å². The second-order valence-electron chi connectivity index (χ2n) is 5.36. The average molecular weight is 320 g/mol. The number of thioether (sulfide) groups is 1. The molecule has 2 rings (SSSR count). The number of nitrogens with zero attached hydrogens (tertiary/aromatic N) is 2. The molecule has 0 saturated heterocycles. The van der Waals surface area contributed by atoms with Gasteiger partial charge in [0.2, 0.25) is 0 Å². The monoisotopic (exact) mass is 320 g/mol. The Morgan fingerprint density at radius 2 is 2.14 bits per heavy atom. The minimum absolute atomic E-state index is 0.0638. The van der Waals surface area contributed by atoms with Crippen LogP contribution in [0.3, 0.4) is 0 Å². The predicted octanol–water partition coefficient (Wildman–Crippen LogP) is 2.95. The quantitative estimate of drug-likeness (QED) is 0.481. The van der Waals surface area contributed by atoms with Crippen LogP contribution in [0.2, 0.25) is 0 Å². The summed E-state index contributed by atoms with van der Waals surface area (Å²) in [5.41, 5.74) is 0.867. The van der Waals surface area contributed by atoms with Crippen molar-refractivity contribution in [1.82, 2.24) is 9.55 Å². The van der Waals surface area contributed by atoms with E-state index in [4.69, 9.17) is 4.74 Å². The molecule has 0 aliphatic carbocycles. The Morgan fingerprint density at radius 3 is 2.73 bits per heavy atom. The van der Waals surface area contributed by atoms with Gasteiger partial charge in [0.15, 0.2) is 5.16 Å². The molecule has 1 heterocycles. The number of ether oxygens (including phenoxy) is 1. The highest BCUT2D eigenvalue weighted by molar-refractivity contribution is 7.99. The molecule has 0 amide bonds. The van der Waals surface area contributed by atoms with Crippen molar-refractivity contribution in [2.75, 3.05) is 12.9 Å². The first-order chi connectivity index (χ1) is 10.5. The van der Waals surface area contributed by atoms with Gasteiger partial charge in [-0.2, -0.15) is 0 Å². The molecule has 22 heavy (non-hydrogen) atoms. The van der Waals surface area contributed by atoms with E-state index in [9.17, 15) is 9.59 Å². The second-order valence-corrected chi connectivity index (χ2v) is 6.59. The zero-order valence-electron chi connectivity index (χ0n) is 13.3. The van der Waals surface area contributed by atoms with E-state index in [1.807, 2.05) is 6.92 Å². The summed E-state index contributed by atoms with van der Waals surface area (Å²) >= 11 is 1.53. The fourth-order valence-electron chi connectivity index (χ4n) is 2.21. The molecule has 0 unspecified atom stereocenters. The summed E-state index contributed by atoms with van der Waals surface area (Å²) in [7, 11) is 1.33. The van der Waals surface area contributed by atoms with Crippen LogP contribution in [0.1, 0.15) is 31.1 Å². The third-order valence-corrected chi connectivity index (χ3v) is 4.02. The molecule has 118 valence electrons. The van der Waals surface area contributed by atoms with Gasteiger partial charge >= 0.3 is 5.97 Å². The standard InChI is InChI=1S/C16H20N2O3S/c1-5-22-16-17-13-8-11(15(20)21-4)6-7-12(13)14(19)18(16)9-10(2)3/h6-8,10H,5,9H2,1-4H3. The van der Waals surface area contributed by atoms with E-state index in [0.29, 0.717) is 34.1 Å². The van der Waals surface area contributed by atoms with Crippen LogP contribution in [0.5, 0.6) is 0 Å². The van der Waals surface area contributed by atoms with Gasteiger partial charge in [0.25, 0.3) is 5.56 Å². The summed E-state index contributed by atoms with van der Waals surface area (Å²) in [6.45, 7) is 6.78. The molecule has 1 aromatic carbocycles. The molecule has 1 aromatic heterocycles. The molecule has 5 nitrogen and oxygen atoms in total. The molecule has 0 aliphatic heterocycles. The topological polar surface area (TPSA) is 61.2 Å². The Morgan fingerprint density at radius 1 is 1.41 bits per heavy atom. The highest BCUT2D eigenvalue weighted by atomic mass is 32.2. The maximum Gasteiger partial charge on any atom is 0.337 e. The van der Waals surface area contributed by atoms with Gasteiger partial charge in [-0.3, -0.25) is 9.36 Å². The molecule has 0 aliphatic rings. The van der Waals surface area contributed by atoms with Crippen LogP contribution in [0, 0.1) is 5.92 Å². The van der Waals surface area contributed by atoms with Crippen LogP contribution in [0.4, 0.5) is 0 Å². The van der Waals surface area contributed by atoms with E-state index in [1.165, 1.54) is 18.9 Å². The van der Waals surface area contributed by atoms with Crippen molar-refractivity contribution < 1.29 is 9.53 Å². The Balaban J connectivity index is 2.66. The Kier molecular flexibility index (Phi) is 5.24. The first kappa shape index (κ1) is 16.5. The number of benzene rings is 1. The molecule has 0 atom stereocenters. The van der Waals surface area contributed by atoms with E-state index in [0.717, 1.165) is 5.75 Å². The molecule has 0 fully saturated rings. The van der Waals surface area contributed by atoms with Crippen molar-refractivity contribution in [2.24, 2.45) is 5.92 Å². The Bertz CT molecular complexity index is 753. The van der Waals surface area contributed by atoms with Crippen molar-refractivity contribution in [1.29, 1.82) is 0 Å². The lowest BCUT2D eigenvalue weighted by atomic mass is 10.1. The average Bonchev–Trinajstić information content (AvgIpc) is 2.49. The lowest BCUT2D eigenvalue weighted by Crippen LogP contribution is -2.25. The summed E-state index contributed by atoms with van der Waals surface area (Å²) in [6.07, 6.45) is 0. The number of aromatic nitrogens is 2. The summed E-state index contributed by atoms with van der Waals surface area (Å²) in [5, 5.41) is 1.21. The molecular weight excluding hydrogens is 300 g/mol. The van der Waals surface area contributed by atoms with Gasteiger partial charge in [0.05, 0.1) is 23.6 Å². The fraction of sp³-hybridized carbons (Fsp3) is 0.438. The summed E-state index contributed by atoms with van der Waals surface area (Å²) < 4.78 is 6.44. The molecule has 6 heteroatoms. The van der Waals surface area contributed by atoms with Crippen molar-refractivity contribution in [3.63, 3.8) is 0 Å². The summed E-state index contributed by atoms with van der Waals surface area (Å²) in [5.74, 6) is 0.745. The normalized spacial score (nSPS) is 11.1. The number of hydrogen-bond acceptors (Lipinski definition) is 5. The molecular formula is C16H20N2O3S. The number of carbonyl (C=O) groups excluding carboxylic acids is 1. The molecule has 0 saturated carbocycles. The molecule has 0 N–H and O–H groups in total. The van der Waals surface area contributed by atoms with Crippen molar-refractivity contribution in [2.45, 2.75) is 32.5 Å². The van der Waals surface area contributed by atoms with Crippen LogP contribution < -0.4 is 5.56 Å². The summed E-state index contributed by atoms with van der Waals surface area (Å²) in [6, 6.07) is 4.86. The third kappa shape index (κ3) is 3.32. The lowest BCUT2D eigenvalue weighted by molar-refractivity contribution is 0.0601. The van der Waals surface area contributed by atoms with Crippen LogP contribution >= 0.6 is 11.8 Å². The van der Waals surface area contributed by atoms with E-state index in [2.05, 4.69) is 18.8 Å². The number of rotatable bonds is 5. The number of methoxy groups -OCH3 is 1.